The molecule has 1 aliphatic rings. The Morgan fingerprint density at radius 2 is 2.60 bits per heavy atom. The van der Waals surface area contributed by atoms with Crippen molar-refractivity contribution in [3.05, 3.63) is 12.7 Å². The molecule has 1 aliphatic heterocycles. The van der Waals surface area contributed by atoms with Crippen molar-refractivity contribution in [2.24, 2.45) is 0 Å². The maximum atomic E-state index is 5.30. The number of hydrogen-bond acceptors (Lipinski definition) is 2. The predicted octanol–water partition coefficient (Wildman–Crippen LogP) is 2.12. The van der Waals surface area contributed by atoms with Crippen LogP contribution >= 0.6 is 17.4 Å². The molecule has 0 aliphatic carbocycles. The summed E-state index contributed by atoms with van der Waals surface area (Å²) in [4.78, 5) is 0. The molecular formula is C6H12NPS2. The van der Waals surface area contributed by atoms with Gasteiger partial charge in [-0.25, -0.2) is 0 Å². The van der Waals surface area contributed by atoms with Crippen molar-refractivity contribution in [2.45, 2.75) is 11.7 Å². The minimum Gasteiger partial charge on any atom is -0.272 e. The zero-order chi connectivity index (χ0) is 7.56. The summed E-state index contributed by atoms with van der Waals surface area (Å²) >= 11 is 7.22. The molecule has 0 aromatic carbocycles. The molecule has 1 nitrogen and oxygen atoms in total. The maximum Gasteiger partial charge on any atom is 0.0551 e. The van der Waals surface area contributed by atoms with Gasteiger partial charge in [0.2, 0.25) is 0 Å². The van der Waals surface area contributed by atoms with Crippen LogP contribution in [-0.4, -0.2) is 23.5 Å². The van der Waals surface area contributed by atoms with E-state index in [1.165, 1.54) is 6.42 Å². The van der Waals surface area contributed by atoms with E-state index < -0.39 is 6.05 Å². The monoisotopic (exact) mass is 193 g/mol. The molecule has 0 N–H and O–H groups in total. The molecule has 0 amide bonds. The molecule has 1 saturated heterocycles. The molecular weight excluding hydrogens is 181 g/mol. The van der Waals surface area contributed by atoms with Gasteiger partial charge in [0.25, 0.3) is 0 Å². The van der Waals surface area contributed by atoms with Crippen LogP contribution in [0.5, 0.6) is 0 Å². The minimum atomic E-state index is -0.669. The summed E-state index contributed by atoms with van der Waals surface area (Å²) in [6.07, 6.45) is 3.24. The van der Waals surface area contributed by atoms with Crippen molar-refractivity contribution in [3.63, 3.8) is 0 Å². The van der Waals surface area contributed by atoms with Crippen LogP contribution in [0.1, 0.15) is 6.42 Å². The lowest BCUT2D eigenvalue weighted by molar-refractivity contribution is 0.539. The first-order valence-corrected chi connectivity index (χ1v) is 7.47. The second-order valence-corrected chi connectivity index (χ2v) is 8.31. The summed E-state index contributed by atoms with van der Waals surface area (Å²) < 4.78 is 2.30. The SMILES string of the molecule is C=CC1CCN(C)[PH](=S)S1. The van der Waals surface area contributed by atoms with Crippen LogP contribution in [0.25, 0.3) is 0 Å². The zero-order valence-corrected chi connectivity index (χ0v) is 8.67. The van der Waals surface area contributed by atoms with Gasteiger partial charge in [-0.3, -0.25) is 4.67 Å². The zero-order valence-electron chi connectivity index (χ0n) is 6.04. The van der Waals surface area contributed by atoms with Crippen LogP contribution in [0.15, 0.2) is 12.7 Å². The molecule has 1 heterocycles. The highest BCUT2D eigenvalue weighted by Gasteiger charge is 2.17. The summed E-state index contributed by atoms with van der Waals surface area (Å²) in [7, 11) is 2.12. The van der Waals surface area contributed by atoms with Crippen LogP contribution in [0.2, 0.25) is 0 Å². The molecule has 58 valence electrons. The van der Waals surface area contributed by atoms with Gasteiger partial charge < -0.3 is 0 Å². The van der Waals surface area contributed by atoms with Gasteiger partial charge in [0.05, 0.1) is 6.05 Å². The normalized spacial score (nSPS) is 35.7. The highest BCUT2D eigenvalue weighted by Crippen LogP contribution is 2.48. The van der Waals surface area contributed by atoms with Gasteiger partial charge in [-0.2, -0.15) is 0 Å². The van der Waals surface area contributed by atoms with Crippen molar-refractivity contribution in [1.82, 2.24) is 4.67 Å². The van der Waals surface area contributed by atoms with Gasteiger partial charge in [-0.15, -0.1) is 18.0 Å². The standard InChI is InChI=1S/C6H12NPS2/c1-3-6-4-5-7(2)8(9)10-6/h3,6,8H,1,4-5H2,2H3. The number of nitrogens with zero attached hydrogens (tertiary/aromatic N) is 1. The summed E-state index contributed by atoms with van der Waals surface area (Å²) in [6.45, 7) is 4.93. The summed E-state index contributed by atoms with van der Waals surface area (Å²) in [5.74, 6) is 0. The molecule has 0 saturated carbocycles. The Kier molecular flexibility index (Phi) is 3.44. The maximum absolute atomic E-state index is 5.30. The second-order valence-electron chi connectivity index (χ2n) is 2.37. The first-order chi connectivity index (χ1) is 4.74. The van der Waals surface area contributed by atoms with Gasteiger partial charge in [-0.1, -0.05) is 17.9 Å². The highest BCUT2D eigenvalue weighted by molar-refractivity contribution is 8.63. The predicted molar refractivity (Wildman–Crippen MR) is 54.5 cm³/mol. The largest absolute Gasteiger partial charge is 0.272 e. The fraction of sp³-hybridized carbons (Fsp3) is 0.667. The van der Waals surface area contributed by atoms with Gasteiger partial charge in [0, 0.05) is 11.8 Å². The Morgan fingerprint density at radius 3 is 3.10 bits per heavy atom. The Morgan fingerprint density at radius 1 is 1.90 bits per heavy atom. The Balaban J connectivity index is 2.48. The van der Waals surface area contributed by atoms with Gasteiger partial charge in [0.1, 0.15) is 0 Å². The molecule has 0 aromatic rings. The quantitative estimate of drug-likeness (QED) is 0.464. The molecule has 1 rings (SSSR count). The first kappa shape index (κ1) is 8.79. The van der Waals surface area contributed by atoms with Crippen molar-refractivity contribution in [1.29, 1.82) is 0 Å². The van der Waals surface area contributed by atoms with Crippen molar-refractivity contribution in [2.75, 3.05) is 13.6 Å². The molecule has 2 unspecified atom stereocenters. The van der Waals surface area contributed by atoms with Crippen LogP contribution in [0.3, 0.4) is 0 Å². The molecule has 1 fully saturated rings. The third-order valence-electron chi connectivity index (χ3n) is 1.58. The van der Waals surface area contributed by atoms with E-state index in [4.69, 9.17) is 11.8 Å². The van der Waals surface area contributed by atoms with E-state index in [0.29, 0.717) is 5.25 Å². The Hall–Kier alpha value is 0.700. The van der Waals surface area contributed by atoms with Crippen molar-refractivity contribution in [3.8, 4) is 0 Å². The van der Waals surface area contributed by atoms with Gasteiger partial charge in [-0.05, 0) is 13.5 Å². The molecule has 0 bridgehead atoms. The lowest BCUT2D eigenvalue weighted by Crippen LogP contribution is -2.19. The van der Waals surface area contributed by atoms with Crippen LogP contribution in [0, 0.1) is 0 Å². The van der Waals surface area contributed by atoms with Crippen LogP contribution < -0.4 is 0 Å². The first-order valence-electron chi connectivity index (χ1n) is 3.28. The third-order valence-corrected chi connectivity index (χ3v) is 7.60. The number of hydrogen-bond donors (Lipinski definition) is 0. The van der Waals surface area contributed by atoms with E-state index >= 15 is 0 Å². The molecule has 10 heavy (non-hydrogen) atoms. The summed E-state index contributed by atoms with van der Waals surface area (Å²) in [6, 6.07) is -0.669. The average Bonchev–Trinajstić information content (AvgIpc) is 1.95. The lowest BCUT2D eigenvalue weighted by Gasteiger charge is -2.28. The fourth-order valence-electron chi connectivity index (χ4n) is 0.857. The van der Waals surface area contributed by atoms with Crippen molar-refractivity contribution < 1.29 is 0 Å². The van der Waals surface area contributed by atoms with Gasteiger partial charge >= 0.3 is 0 Å². The molecule has 2 atom stereocenters. The topological polar surface area (TPSA) is 3.24 Å². The molecule has 0 radical (unpaired) electrons. The van der Waals surface area contributed by atoms with E-state index in [1.54, 1.807) is 0 Å². The van der Waals surface area contributed by atoms with Crippen molar-refractivity contribution >= 4 is 29.2 Å². The van der Waals surface area contributed by atoms with Gasteiger partial charge in [0.15, 0.2) is 0 Å². The molecule has 4 heteroatoms. The smallest absolute Gasteiger partial charge is 0.0551 e. The number of rotatable bonds is 1. The third kappa shape index (κ3) is 2.09. The van der Waals surface area contributed by atoms with E-state index in [2.05, 4.69) is 18.3 Å². The van der Waals surface area contributed by atoms with E-state index in [0.717, 1.165) is 6.54 Å². The second kappa shape index (κ2) is 3.91. The molecule has 0 spiro atoms. The Labute approximate surface area is 72.1 Å². The summed E-state index contributed by atoms with van der Waals surface area (Å²) in [5.41, 5.74) is 0. The highest BCUT2D eigenvalue weighted by atomic mass is 32.9. The fourth-order valence-corrected chi connectivity index (χ4v) is 5.55. The molecule has 0 aromatic heterocycles. The van der Waals surface area contributed by atoms with Crippen LogP contribution in [0.4, 0.5) is 0 Å². The summed E-state index contributed by atoms with van der Waals surface area (Å²) in [5, 5.41) is 0.627. The average molecular weight is 193 g/mol. The Bertz CT molecular complexity index is 160. The van der Waals surface area contributed by atoms with Crippen LogP contribution in [-0.2, 0) is 11.8 Å². The van der Waals surface area contributed by atoms with E-state index in [-0.39, 0.29) is 0 Å². The minimum absolute atomic E-state index is 0.627. The lowest BCUT2D eigenvalue weighted by atomic mass is 10.3. The van der Waals surface area contributed by atoms with E-state index in [1.807, 2.05) is 17.5 Å². The van der Waals surface area contributed by atoms with E-state index in [9.17, 15) is 0 Å².